The van der Waals surface area contributed by atoms with Gasteiger partial charge in [0.1, 0.15) is 17.3 Å². The molecule has 2 aromatic carbocycles. The van der Waals surface area contributed by atoms with Gasteiger partial charge in [-0.25, -0.2) is 41.9 Å². The molecular weight excluding hydrogens is 852 g/mol. The van der Waals surface area contributed by atoms with Gasteiger partial charge in [-0.05, 0) is 50.3 Å². The number of carboxylic acids is 1. The molecule has 0 aliphatic carbocycles. The van der Waals surface area contributed by atoms with E-state index in [4.69, 9.17) is 45.1 Å². The fraction of sp³-hybridized carbons (Fsp3) is 0.303. The first-order valence-electron chi connectivity index (χ1n) is 15.9. The van der Waals surface area contributed by atoms with Gasteiger partial charge in [0.25, 0.3) is 5.56 Å². The standard InChI is InChI=1S/C17H14ClF4N3O5.C16H14ClFN4O5S/c1-8(15(27)29-3)30-23-7-9-4-12(11(19)5-10(9)18)25-14(26)6-13(17(20,21)22)24(2)16(25)28;1-16(12(23)24)6-10(19-27-16)7-4-11(9(18)5-8(7)17)22-13(25)20(2)15(28)21(3)14(22)26/h4-8H,1-3H3;4-5H,6H2,1-3H3,(H,23,24)/b23-7+;/t8-;/m1./s1. The van der Waals surface area contributed by atoms with Crippen molar-refractivity contribution >= 4 is 59.3 Å². The van der Waals surface area contributed by atoms with E-state index in [-0.39, 0.29) is 59.0 Å². The van der Waals surface area contributed by atoms with Crippen LogP contribution in [-0.2, 0) is 51.3 Å². The zero-order valence-electron chi connectivity index (χ0n) is 30.6. The summed E-state index contributed by atoms with van der Waals surface area (Å²) < 4.78 is 75.3. The highest BCUT2D eigenvalue weighted by Gasteiger charge is 2.43. The summed E-state index contributed by atoms with van der Waals surface area (Å²) in [6.07, 6.45) is -5.21. The molecule has 2 aromatic heterocycles. The van der Waals surface area contributed by atoms with E-state index in [1.807, 2.05) is 0 Å². The molecule has 58 heavy (non-hydrogen) atoms. The summed E-state index contributed by atoms with van der Waals surface area (Å²) in [5.74, 6) is -4.02. The zero-order chi connectivity index (χ0) is 43.8. The molecule has 0 fully saturated rings. The van der Waals surface area contributed by atoms with E-state index in [1.54, 1.807) is 0 Å². The highest BCUT2D eigenvalue weighted by molar-refractivity contribution is 7.71. The van der Waals surface area contributed by atoms with Crippen LogP contribution in [0.25, 0.3) is 11.4 Å². The van der Waals surface area contributed by atoms with Crippen LogP contribution in [0.5, 0.6) is 0 Å². The molecule has 17 nitrogen and oxygen atoms in total. The Morgan fingerprint density at radius 2 is 1.48 bits per heavy atom. The van der Waals surface area contributed by atoms with Crippen LogP contribution in [0.4, 0.5) is 22.0 Å². The Morgan fingerprint density at radius 1 is 0.948 bits per heavy atom. The van der Waals surface area contributed by atoms with Crippen molar-refractivity contribution in [2.45, 2.75) is 38.1 Å². The number of aliphatic carboxylic acids is 1. The monoisotopic (exact) mass is 879 g/mol. The molecule has 4 aromatic rings. The largest absolute Gasteiger partial charge is 0.478 e. The summed E-state index contributed by atoms with van der Waals surface area (Å²) in [7, 11) is 4.63. The van der Waals surface area contributed by atoms with Crippen molar-refractivity contribution in [1.29, 1.82) is 0 Å². The lowest BCUT2D eigenvalue weighted by Gasteiger charge is -2.15. The second-order valence-corrected chi connectivity index (χ2v) is 13.5. The van der Waals surface area contributed by atoms with Gasteiger partial charge in [-0.1, -0.05) is 33.5 Å². The molecule has 0 amide bonds. The van der Waals surface area contributed by atoms with Gasteiger partial charge in [0.2, 0.25) is 11.7 Å². The third-order valence-electron chi connectivity index (χ3n) is 8.29. The molecule has 1 N–H and O–H groups in total. The normalized spacial score (nSPS) is 15.6. The minimum atomic E-state index is -4.96. The van der Waals surface area contributed by atoms with E-state index in [0.29, 0.717) is 4.57 Å². The average molecular weight is 881 g/mol. The SMILES string of the molecule is COC(=O)[C@@H](C)O/N=C/c1cc(-n2c(=O)cc(C(F)(F)F)n(C)c2=O)c(F)cc1Cl.Cn1c(=S)n(C)c(=O)n(-c2cc(C3=NOC(C)(C(=O)O)C3)c(Cl)cc2F)c1=O. The average Bonchev–Trinajstić information content (AvgIpc) is 3.56. The van der Waals surface area contributed by atoms with Gasteiger partial charge in [-0.2, -0.15) is 13.2 Å². The van der Waals surface area contributed by atoms with Crippen LogP contribution < -0.4 is 22.6 Å². The van der Waals surface area contributed by atoms with Crippen LogP contribution in [-0.4, -0.2) is 70.6 Å². The first kappa shape index (κ1) is 44.8. The number of hydrogen-bond acceptors (Lipinski definition) is 12. The first-order chi connectivity index (χ1) is 26.9. The number of methoxy groups -OCH3 is 1. The highest BCUT2D eigenvalue weighted by atomic mass is 35.5. The van der Waals surface area contributed by atoms with Crippen molar-refractivity contribution in [2.24, 2.45) is 31.5 Å². The number of carboxylic acid groups (broad SMARTS) is 1. The van der Waals surface area contributed by atoms with Crippen LogP contribution >= 0.6 is 35.4 Å². The molecule has 5 rings (SSSR count). The lowest BCUT2D eigenvalue weighted by molar-refractivity contribution is -0.160. The third-order valence-corrected chi connectivity index (χ3v) is 9.48. The Hall–Kier alpha value is -5.94. The van der Waals surface area contributed by atoms with Gasteiger partial charge in [0.15, 0.2) is 4.77 Å². The van der Waals surface area contributed by atoms with Gasteiger partial charge < -0.3 is 19.5 Å². The number of benzene rings is 2. The Bertz CT molecular complexity index is 2690. The summed E-state index contributed by atoms with van der Waals surface area (Å²) >= 11 is 17.0. The van der Waals surface area contributed by atoms with E-state index < -0.39 is 75.5 Å². The van der Waals surface area contributed by atoms with Crippen molar-refractivity contribution in [1.82, 2.24) is 22.8 Å². The van der Waals surface area contributed by atoms with Crippen LogP contribution in [0.15, 0.2) is 59.8 Å². The van der Waals surface area contributed by atoms with Crippen LogP contribution in [0.3, 0.4) is 0 Å². The van der Waals surface area contributed by atoms with Crippen molar-refractivity contribution in [3.05, 3.63) is 115 Å². The van der Waals surface area contributed by atoms with Gasteiger partial charge >= 0.3 is 35.2 Å². The number of carbonyl (C=O) groups is 2. The topological polar surface area (TPSA) is 200 Å². The predicted octanol–water partition coefficient (Wildman–Crippen LogP) is 3.62. The van der Waals surface area contributed by atoms with Crippen LogP contribution in [0.2, 0.25) is 10.0 Å². The fourth-order valence-electron chi connectivity index (χ4n) is 5.04. The molecule has 0 saturated heterocycles. The fourth-order valence-corrected chi connectivity index (χ4v) is 5.65. The number of carbonyl (C=O) groups excluding carboxylic acids is 1. The van der Waals surface area contributed by atoms with E-state index in [1.165, 1.54) is 27.9 Å². The maximum atomic E-state index is 14.6. The Kier molecular flexibility index (Phi) is 13.0. The lowest BCUT2D eigenvalue weighted by atomic mass is 9.96. The van der Waals surface area contributed by atoms with E-state index in [9.17, 15) is 55.8 Å². The molecule has 2 atom stereocenters. The molecule has 1 aliphatic heterocycles. The Balaban J connectivity index is 0.000000257. The van der Waals surface area contributed by atoms with Crippen molar-refractivity contribution < 1.29 is 51.1 Å². The molecular formula is C33H28Cl2F5N7O10S. The number of halogens is 7. The number of nitrogens with zero attached hydrogens (tertiary/aromatic N) is 7. The zero-order valence-corrected chi connectivity index (χ0v) is 32.9. The van der Waals surface area contributed by atoms with E-state index in [2.05, 4.69) is 15.0 Å². The summed E-state index contributed by atoms with van der Waals surface area (Å²) in [5, 5.41) is 16.2. The van der Waals surface area contributed by atoms with Crippen molar-refractivity contribution in [3.8, 4) is 11.4 Å². The molecule has 1 unspecified atom stereocenters. The summed E-state index contributed by atoms with van der Waals surface area (Å²) in [6.45, 7) is 2.67. The number of oxime groups is 2. The second-order valence-electron chi connectivity index (χ2n) is 12.3. The second kappa shape index (κ2) is 16.9. The summed E-state index contributed by atoms with van der Waals surface area (Å²) in [6, 6.07) is 3.90. The number of hydrogen-bond donors (Lipinski definition) is 1. The molecule has 1 aliphatic rings. The summed E-state index contributed by atoms with van der Waals surface area (Å²) in [4.78, 5) is 82.0. The molecule has 25 heteroatoms. The van der Waals surface area contributed by atoms with Crippen LogP contribution in [0.1, 0.15) is 37.1 Å². The molecule has 0 radical (unpaired) electrons. The first-order valence-corrected chi connectivity index (χ1v) is 17.1. The van der Waals surface area contributed by atoms with E-state index >= 15 is 0 Å². The van der Waals surface area contributed by atoms with E-state index in [0.717, 1.165) is 53.8 Å². The molecule has 0 spiro atoms. The quantitative estimate of drug-likeness (QED) is 0.0892. The highest BCUT2D eigenvalue weighted by Crippen LogP contribution is 2.32. The maximum absolute atomic E-state index is 14.6. The predicted molar refractivity (Wildman–Crippen MR) is 198 cm³/mol. The number of alkyl halides is 3. The number of esters is 1. The summed E-state index contributed by atoms with van der Waals surface area (Å²) in [5.41, 5.74) is -8.39. The van der Waals surface area contributed by atoms with Crippen molar-refractivity contribution in [2.75, 3.05) is 7.11 Å². The van der Waals surface area contributed by atoms with Crippen LogP contribution in [0, 0.1) is 16.4 Å². The minimum Gasteiger partial charge on any atom is -0.478 e. The Morgan fingerprint density at radius 3 is 2.00 bits per heavy atom. The molecule has 0 saturated carbocycles. The minimum absolute atomic E-state index is 0.0355. The van der Waals surface area contributed by atoms with Gasteiger partial charge in [0, 0.05) is 44.8 Å². The number of rotatable bonds is 8. The van der Waals surface area contributed by atoms with Gasteiger partial charge in [0.05, 0.1) is 40.5 Å². The lowest BCUT2D eigenvalue weighted by Crippen LogP contribution is -2.43. The third kappa shape index (κ3) is 8.79. The number of aromatic nitrogens is 5. The smallest absolute Gasteiger partial charge is 0.431 e. The van der Waals surface area contributed by atoms with Gasteiger partial charge in [-0.15, -0.1) is 0 Å². The van der Waals surface area contributed by atoms with Crippen molar-refractivity contribution in [3.63, 3.8) is 0 Å². The Labute approximate surface area is 335 Å². The number of ether oxygens (including phenoxy) is 1. The molecule has 3 heterocycles. The maximum Gasteiger partial charge on any atom is 0.431 e. The molecule has 310 valence electrons. The molecule has 0 bridgehead atoms. The van der Waals surface area contributed by atoms with Gasteiger partial charge in [-0.3, -0.25) is 18.5 Å².